The zero-order chi connectivity index (χ0) is 13.9. The van der Waals surface area contributed by atoms with Crippen molar-refractivity contribution in [1.29, 1.82) is 0 Å². The van der Waals surface area contributed by atoms with E-state index in [-0.39, 0.29) is 23.1 Å². The lowest BCUT2D eigenvalue weighted by Gasteiger charge is -2.17. The highest BCUT2D eigenvalue weighted by atomic mass is 79.9. The predicted molar refractivity (Wildman–Crippen MR) is 66.1 cm³/mol. The topological polar surface area (TPSA) is 92.8 Å². The third kappa shape index (κ3) is 3.11. The van der Waals surface area contributed by atoms with Crippen molar-refractivity contribution in [1.82, 2.24) is 0 Å². The molecule has 0 spiro atoms. The van der Waals surface area contributed by atoms with E-state index in [2.05, 4.69) is 15.9 Å². The minimum Gasteiger partial charge on any atom is -0.504 e. The van der Waals surface area contributed by atoms with Crippen LogP contribution in [0.2, 0.25) is 0 Å². The Morgan fingerprint density at radius 3 is 2.78 bits per heavy atom. The van der Waals surface area contributed by atoms with E-state index >= 15 is 0 Å². The molecule has 1 aromatic rings. The molecule has 1 atom stereocenters. The molecule has 5 nitrogen and oxygen atoms in total. The lowest BCUT2D eigenvalue weighted by molar-refractivity contribution is -0.137. The third-order valence-electron chi connectivity index (χ3n) is 2.45. The number of methoxy groups -OCH3 is 1. The molecule has 0 fully saturated rings. The Balaban J connectivity index is 3.11. The van der Waals surface area contributed by atoms with Gasteiger partial charge in [0.25, 0.3) is 0 Å². The number of phenolic OH excluding ortho intramolecular Hbond substituents is 1. The number of hydrogen-bond donors (Lipinski definition) is 3. The van der Waals surface area contributed by atoms with Crippen LogP contribution in [0.4, 0.5) is 4.39 Å². The zero-order valence-electron chi connectivity index (χ0n) is 9.61. The number of carboxylic acid groups (broad SMARTS) is 1. The molecule has 18 heavy (non-hydrogen) atoms. The molecule has 0 saturated heterocycles. The van der Waals surface area contributed by atoms with E-state index in [1.165, 1.54) is 13.2 Å². The number of aromatic hydroxyl groups is 1. The third-order valence-corrected chi connectivity index (χ3v) is 3.06. The van der Waals surface area contributed by atoms with Crippen LogP contribution in [0.15, 0.2) is 10.5 Å². The Bertz CT molecular complexity index is 467. The SMILES string of the molecule is COc1c(C(N)CCC(=O)O)cc(Br)c(O)c1F. The molecule has 0 aliphatic carbocycles. The summed E-state index contributed by atoms with van der Waals surface area (Å²) in [6, 6.07) is 0.728. The highest BCUT2D eigenvalue weighted by molar-refractivity contribution is 9.10. The van der Waals surface area contributed by atoms with E-state index in [9.17, 15) is 14.3 Å². The van der Waals surface area contributed by atoms with Gasteiger partial charge in [-0.3, -0.25) is 4.79 Å². The molecule has 1 aromatic carbocycles. The number of carbonyl (C=O) groups is 1. The first-order valence-electron chi connectivity index (χ1n) is 5.10. The van der Waals surface area contributed by atoms with Gasteiger partial charge in [0.05, 0.1) is 11.6 Å². The molecular weight excluding hydrogens is 309 g/mol. The van der Waals surface area contributed by atoms with Gasteiger partial charge in [-0.1, -0.05) is 0 Å². The molecule has 0 aliphatic heterocycles. The first-order chi connectivity index (χ1) is 8.38. The number of phenols is 1. The monoisotopic (exact) mass is 321 g/mol. The molecule has 4 N–H and O–H groups in total. The lowest BCUT2D eigenvalue weighted by Crippen LogP contribution is -2.14. The number of carboxylic acids is 1. The molecule has 0 saturated carbocycles. The van der Waals surface area contributed by atoms with E-state index < -0.39 is 23.6 Å². The Kier molecular flexibility index (Phi) is 4.92. The summed E-state index contributed by atoms with van der Waals surface area (Å²) in [6.45, 7) is 0. The van der Waals surface area contributed by atoms with Gasteiger partial charge >= 0.3 is 5.97 Å². The first kappa shape index (κ1) is 14.7. The molecule has 1 rings (SSSR count). The Morgan fingerprint density at radius 2 is 2.28 bits per heavy atom. The van der Waals surface area contributed by atoms with Crippen LogP contribution in [0.25, 0.3) is 0 Å². The maximum atomic E-state index is 13.7. The highest BCUT2D eigenvalue weighted by Crippen LogP contribution is 2.39. The van der Waals surface area contributed by atoms with Gasteiger partial charge in [-0.25, -0.2) is 0 Å². The van der Waals surface area contributed by atoms with Crippen molar-refractivity contribution in [2.75, 3.05) is 7.11 Å². The summed E-state index contributed by atoms with van der Waals surface area (Å²) in [7, 11) is 1.25. The smallest absolute Gasteiger partial charge is 0.303 e. The second-order valence-electron chi connectivity index (χ2n) is 3.68. The minimum absolute atomic E-state index is 0.134. The standard InChI is InChI=1S/C11H13BrFNO4/c1-18-11-5(7(14)2-3-8(15)16)4-6(12)10(17)9(11)13/h4,7,17H,2-3,14H2,1H3,(H,15,16). The van der Waals surface area contributed by atoms with E-state index in [0.717, 1.165) is 0 Å². The van der Waals surface area contributed by atoms with Gasteiger partial charge in [-0.05, 0) is 28.4 Å². The fourth-order valence-corrected chi connectivity index (χ4v) is 1.95. The molecule has 0 amide bonds. The van der Waals surface area contributed by atoms with Gasteiger partial charge in [0.15, 0.2) is 11.5 Å². The van der Waals surface area contributed by atoms with Gasteiger partial charge in [0, 0.05) is 18.0 Å². The maximum absolute atomic E-state index is 13.7. The second kappa shape index (κ2) is 6.01. The average molecular weight is 322 g/mol. The number of nitrogens with two attached hydrogens (primary N) is 1. The normalized spacial score (nSPS) is 12.2. The highest BCUT2D eigenvalue weighted by Gasteiger charge is 2.21. The van der Waals surface area contributed by atoms with Crippen molar-refractivity contribution in [3.63, 3.8) is 0 Å². The zero-order valence-corrected chi connectivity index (χ0v) is 11.2. The molecule has 0 bridgehead atoms. The number of ether oxygens (including phenoxy) is 1. The average Bonchev–Trinajstić information content (AvgIpc) is 2.32. The number of halogens is 2. The fourth-order valence-electron chi connectivity index (χ4n) is 1.53. The first-order valence-corrected chi connectivity index (χ1v) is 5.90. The number of rotatable bonds is 5. The minimum atomic E-state index is -0.984. The Morgan fingerprint density at radius 1 is 1.67 bits per heavy atom. The second-order valence-corrected chi connectivity index (χ2v) is 4.54. The summed E-state index contributed by atoms with van der Waals surface area (Å²) in [5, 5.41) is 18.0. The molecule has 0 aromatic heterocycles. The van der Waals surface area contributed by atoms with Gasteiger partial charge in [0.2, 0.25) is 5.82 Å². The summed E-state index contributed by atoms with van der Waals surface area (Å²) in [6.07, 6.45) is 0.00673. The molecular formula is C11H13BrFNO4. The van der Waals surface area contributed by atoms with Crippen LogP contribution in [-0.2, 0) is 4.79 Å². The van der Waals surface area contributed by atoms with E-state index in [1.807, 2.05) is 0 Å². The van der Waals surface area contributed by atoms with Crippen molar-refractivity contribution in [3.05, 3.63) is 21.9 Å². The molecule has 7 heteroatoms. The number of aliphatic carboxylic acids is 1. The van der Waals surface area contributed by atoms with Gasteiger partial charge in [-0.2, -0.15) is 4.39 Å². The van der Waals surface area contributed by atoms with Crippen LogP contribution in [-0.4, -0.2) is 23.3 Å². The Labute approximate surface area is 111 Å². The lowest BCUT2D eigenvalue weighted by atomic mass is 10.0. The van der Waals surface area contributed by atoms with Crippen molar-refractivity contribution in [2.45, 2.75) is 18.9 Å². The fraction of sp³-hybridized carbons (Fsp3) is 0.364. The van der Waals surface area contributed by atoms with Crippen molar-refractivity contribution < 1.29 is 24.1 Å². The van der Waals surface area contributed by atoms with E-state index in [4.69, 9.17) is 15.6 Å². The summed E-state index contributed by atoms with van der Waals surface area (Å²) in [4.78, 5) is 10.5. The maximum Gasteiger partial charge on any atom is 0.303 e. The van der Waals surface area contributed by atoms with Crippen molar-refractivity contribution in [3.8, 4) is 11.5 Å². The van der Waals surface area contributed by atoms with Gasteiger partial charge in [0.1, 0.15) is 0 Å². The van der Waals surface area contributed by atoms with Gasteiger partial charge in [-0.15, -0.1) is 0 Å². The van der Waals surface area contributed by atoms with Crippen LogP contribution in [0.1, 0.15) is 24.4 Å². The quantitative estimate of drug-likeness (QED) is 0.772. The van der Waals surface area contributed by atoms with Crippen LogP contribution < -0.4 is 10.5 Å². The summed E-state index contributed by atoms with van der Waals surface area (Å²) < 4.78 is 18.7. The van der Waals surface area contributed by atoms with Crippen LogP contribution in [0, 0.1) is 5.82 Å². The largest absolute Gasteiger partial charge is 0.504 e. The van der Waals surface area contributed by atoms with Crippen LogP contribution >= 0.6 is 15.9 Å². The van der Waals surface area contributed by atoms with Crippen molar-refractivity contribution >= 4 is 21.9 Å². The van der Waals surface area contributed by atoms with Crippen molar-refractivity contribution in [2.24, 2.45) is 5.73 Å². The molecule has 100 valence electrons. The van der Waals surface area contributed by atoms with E-state index in [1.54, 1.807) is 0 Å². The van der Waals surface area contributed by atoms with Crippen LogP contribution in [0.3, 0.4) is 0 Å². The number of hydrogen-bond acceptors (Lipinski definition) is 4. The predicted octanol–water partition coefficient (Wildman–Crippen LogP) is 2.17. The summed E-state index contributed by atoms with van der Waals surface area (Å²) in [5.74, 6) is -2.65. The number of benzene rings is 1. The summed E-state index contributed by atoms with van der Waals surface area (Å²) >= 11 is 2.99. The van der Waals surface area contributed by atoms with Crippen LogP contribution in [0.5, 0.6) is 11.5 Å². The Hall–Kier alpha value is -1.34. The molecule has 0 heterocycles. The molecule has 0 radical (unpaired) electrons. The molecule has 0 aliphatic rings. The van der Waals surface area contributed by atoms with Gasteiger partial charge < -0.3 is 20.7 Å². The van der Waals surface area contributed by atoms with E-state index in [0.29, 0.717) is 5.56 Å². The molecule has 1 unspecified atom stereocenters. The summed E-state index contributed by atoms with van der Waals surface area (Å²) in [5.41, 5.74) is 6.10.